The highest BCUT2D eigenvalue weighted by molar-refractivity contribution is 9.11. The average Bonchev–Trinajstić information content (AvgIpc) is 2.24. The van der Waals surface area contributed by atoms with Gasteiger partial charge in [-0.3, -0.25) is 4.98 Å². The molecule has 0 unspecified atom stereocenters. The summed E-state index contributed by atoms with van der Waals surface area (Å²) in [5.41, 5.74) is 0. The zero-order valence-electron chi connectivity index (χ0n) is 7.39. The minimum Gasteiger partial charge on any atom is -0.260 e. The second kappa shape index (κ2) is 5.05. The summed E-state index contributed by atoms with van der Waals surface area (Å²) in [6.07, 6.45) is 6.77. The molecule has 2 heterocycles. The molecule has 0 aromatic carbocycles. The van der Waals surface area contributed by atoms with Crippen molar-refractivity contribution in [1.82, 2.24) is 15.0 Å². The number of hydrogen-bond donors (Lipinski definition) is 0. The molecule has 0 saturated carbocycles. The van der Waals surface area contributed by atoms with Gasteiger partial charge in [-0.05, 0) is 49.7 Å². The fourth-order valence-electron chi connectivity index (χ4n) is 0.914. The predicted molar refractivity (Wildman–Crippen MR) is 65.8 cm³/mol. The van der Waals surface area contributed by atoms with E-state index in [9.17, 15) is 0 Å². The Labute approximate surface area is 108 Å². The molecule has 0 saturated heterocycles. The molecule has 76 valence electrons. The number of halogens is 2. The third-order valence-electron chi connectivity index (χ3n) is 1.51. The van der Waals surface area contributed by atoms with Gasteiger partial charge in [0.2, 0.25) is 0 Å². The first-order chi connectivity index (χ1) is 7.25. The summed E-state index contributed by atoms with van der Waals surface area (Å²) >= 11 is 8.27. The van der Waals surface area contributed by atoms with Crippen molar-refractivity contribution in [2.75, 3.05) is 0 Å². The maximum Gasteiger partial charge on any atom is 0.121 e. The average molecular weight is 347 g/mol. The molecule has 0 spiro atoms. The highest BCUT2D eigenvalue weighted by Gasteiger charge is 2.05. The van der Waals surface area contributed by atoms with E-state index < -0.39 is 0 Å². The van der Waals surface area contributed by atoms with Gasteiger partial charge in [-0.25, -0.2) is 9.97 Å². The van der Waals surface area contributed by atoms with Crippen LogP contribution in [-0.2, 0) is 0 Å². The molecule has 0 radical (unpaired) electrons. The van der Waals surface area contributed by atoms with Crippen molar-refractivity contribution < 1.29 is 0 Å². The van der Waals surface area contributed by atoms with Crippen molar-refractivity contribution in [3.63, 3.8) is 0 Å². The lowest BCUT2D eigenvalue weighted by Gasteiger charge is -2.01. The fraction of sp³-hybridized carbons (Fsp3) is 0. The van der Waals surface area contributed by atoms with Crippen molar-refractivity contribution in [2.45, 2.75) is 10.1 Å². The van der Waals surface area contributed by atoms with Gasteiger partial charge in [0.15, 0.2) is 0 Å². The lowest BCUT2D eigenvalue weighted by molar-refractivity contribution is 1.03. The molecule has 0 fully saturated rings. The molecule has 3 nitrogen and oxygen atoms in total. The topological polar surface area (TPSA) is 38.7 Å². The van der Waals surface area contributed by atoms with Crippen LogP contribution in [0.1, 0.15) is 0 Å². The standard InChI is InChI=1S/C9H5Br2N3S/c10-6-3-7(11)9(14-4-6)15-8-5-12-1-2-13-8/h1-5H. The molecule has 0 bridgehead atoms. The molecule has 2 aromatic rings. The Morgan fingerprint density at radius 2 is 1.93 bits per heavy atom. The summed E-state index contributed by atoms with van der Waals surface area (Å²) in [7, 11) is 0. The van der Waals surface area contributed by atoms with Gasteiger partial charge in [0.1, 0.15) is 10.1 Å². The molecule has 0 amide bonds. The highest BCUT2D eigenvalue weighted by atomic mass is 79.9. The van der Waals surface area contributed by atoms with Gasteiger partial charge >= 0.3 is 0 Å². The number of rotatable bonds is 2. The quantitative estimate of drug-likeness (QED) is 0.833. The normalized spacial score (nSPS) is 10.3. The monoisotopic (exact) mass is 345 g/mol. The van der Waals surface area contributed by atoms with E-state index >= 15 is 0 Å². The van der Waals surface area contributed by atoms with Gasteiger partial charge in [-0.15, -0.1) is 0 Å². The van der Waals surface area contributed by atoms with Gasteiger partial charge in [0, 0.05) is 23.1 Å². The first kappa shape index (κ1) is 11.0. The maximum absolute atomic E-state index is 4.27. The molecule has 2 aromatic heterocycles. The lowest BCUT2D eigenvalue weighted by Crippen LogP contribution is -1.85. The zero-order valence-corrected chi connectivity index (χ0v) is 11.4. The number of hydrogen-bond acceptors (Lipinski definition) is 4. The Morgan fingerprint density at radius 1 is 1.07 bits per heavy atom. The van der Waals surface area contributed by atoms with E-state index in [-0.39, 0.29) is 0 Å². The first-order valence-electron chi connectivity index (χ1n) is 4.00. The van der Waals surface area contributed by atoms with Crippen LogP contribution in [0.2, 0.25) is 0 Å². The third-order valence-corrected chi connectivity index (χ3v) is 3.75. The number of nitrogens with zero attached hydrogens (tertiary/aromatic N) is 3. The van der Waals surface area contributed by atoms with Crippen LogP contribution >= 0.6 is 43.6 Å². The SMILES string of the molecule is Brc1cnc(Sc2cnccn2)c(Br)c1. The van der Waals surface area contributed by atoms with Crippen LogP contribution in [0.15, 0.2) is 49.9 Å². The minimum absolute atomic E-state index is 0.827. The second-order valence-corrected chi connectivity index (χ2v) is 5.37. The van der Waals surface area contributed by atoms with Gasteiger partial charge in [0.25, 0.3) is 0 Å². The molecular formula is C9H5Br2N3S. The van der Waals surface area contributed by atoms with Gasteiger partial charge in [-0.2, -0.15) is 0 Å². The van der Waals surface area contributed by atoms with Crippen LogP contribution in [0.4, 0.5) is 0 Å². The van der Waals surface area contributed by atoms with Gasteiger partial charge in [-0.1, -0.05) is 0 Å². The van der Waals surface area contributed by atoms with Crippen molar-refractivity contribution >= 4 is 43.6 Å². The molecular weight excluding hydrogens is 342 g/mol. The van der Waals surface area contributed by atoms with E-state index in [1.54, 1.807) is 24.8 Å². The van der Waals surface area contributed by atoms with Crippen LogP contribution in [-0.4, -0.2) is 15.0 Å². The Morgan fingerprint density at radius 3 is 2.60 bits per heavy atom. The molecule has 0 N–H and O–H groups in total. The summed E-state index contributed by atoms with van der Waals surface area (Å²) in [5, 5.41) is 1.70. The van der Waals surface area contributed by atoms with Crippen LogP contribution in [0.25, 0.3) is 0 Å². The Bertz CT molecular complexity index is 464. The second-order valence-electron chi connectivity index (χ2n) is 2.59. The van der Waals surface area contributed by atoms with E-state index in [0.29, 0.717) is 0 Å². The summed E-state index contributed by atoms with van der Waals surface area (Å²) in [5.74, 6) is 0. The van der Waals surface area contributed by atoms with Crippen molar-refractivity contribution in [3.05, 3.63) is 39.8 Å². The van der Waals surface area contributed by atoms with Crippen LogP contribution < -0.4 is 0 Å². The summed E-state index contributed by atoms with van der Waals surface area (Å²) in [6.45, 7) is 0. The molecule has 6 heteroatoms. The number of aromatic nitrogens is 3. The van der Waals surface area contributed by atoms with Crippen molar-refractivity contribution in [3.8, 4) is 0 Å². The van der Waals surface area contributed by atoms with E-state index in [1.165, 1.54) is 11.8 Å². The molecule has 15 heavy (non-hydrogen) atoms. The molecule has 0 atom stereocenters. The van der Waals surface area contributed by atoms with Crippen molar-refractivity contribution in [1.29, 1.82) is 0 Å². The molecule has 2 rings (SSSR count). The summed E-state index contributed by atoms with van der Waals surface area (Å²) in [4.78, 5) is 12.4. The highest BCUT2D eigenvalue weighted by Crippen LogP contribution is 2.31. The minimum atomic E-state index is 0.827. The van der Waals surface area contributed by atoms with Gasteiger partial charge in [0.05, 0.1) is 10.7 Å². The fourth-order valence-corrected chi connectivity index (χ4v) is 2.83. The molecule has 0 aliphatic carbocycles. The Hall–Kier alpha value is -0.460. The van der Waals surface area contributed by atoms with E-state index in [0.717, 1.165) is 19.0 Å². The van der Waals surface area contributed by atoms with Crippen LogP contribution in [0.3, 0.4) is 0 Å². The maximum atomic E-state index is 4.27. The summed E-state index contributed by atoms with van der Waals surface area (Å²) < 4.78 is 1.88. The first-order valence-corrected chi connectivity index (χ1v) is 6.41. The van der Waals surface area contributed by atoms with E-state index in [1.807, 2.05) is 6.07 Å². The van der Waals surface area contributed by atoms with E-state index in [2.05, 4.69) is 46.8 Å². The van der Waals surface area contributed by atoms with Gasteiger partial charge < -0.3 is 0 Å². The smallest absolute Gasteiger partial charge is 0.121 e. The summed E-state index contributed by atoms with van der Waals surface area (Å²) in [6, 6.07) is 1.95. The lowest BCUT2D eigenvalue weighted by atomic mass is 10.5. The van der Waals surface area contributed by atoms with Crippen LogP contribution in [0.5, 0.6) is 0 Å². The van der Waals surface area contributed by atoms with Crippen LogP contribution in [0, 0.1) is 0 Å². The van der Waals surface area contributed by atoms with E-state index in [4.69, 9.17) is 0 Å². The predicted octanol–water partition coefficient (Wildman–Crippen LogP) is 3.55. The number of pyridine rings is 1. The molecule has 0 aliphatic heterocycles. The third kappa shape index (κ3) is 2.99. The van der Waals surface area contributed by atoms with Crippen molar-refractivity contribution in [2.24, 2.45) is 0 Å². The Kier molecular flexibility index (Phi) is 3.71. The molecule has 0 aliphatic rings. The zero-order chi connectivity index (χ0) is 10.7. The Balaban J connectivity index is 2.25. The largest absolute Gasteiger partial charge is 0.260 e.